The fourth-order valence-electron chi connectivity index (χ4n) is 3.18. The molecule has 0 aromatic heterocycles. The average Bonchev–Trinajstić information content (AvgIpc) is 2.74. The molecular weight excluding hydrogens is 342 g/mol. The Kier molecular flexibility index (Phi) is 6.44. The lowest BCUT2D eigenvalue weighted by molar-refractivity contribution is -0.108. The molecule has 1 unspecified atom stereocenters. The van der Waals surface area contributed by atoms with Gasteiger partial charge in [-0.05, 0) is 23.3 Å². The number of hydrogen-bond acceptors (Lipinski definition) is 5. The fourth-order valence-corrected chi connectivity index (χ4v) is 3.18. The summed E-state index contributed by atoms with van der Waals surface area (Å²) in [6.07, 6.45) is 0.608. The lowest BCUT2D eigenvalue weighted by Crippen LogP contribution is -2.49. The zero-order valence-electron chi connectivity index (χ0n) is 15.3. The number of aldehydes is 1. The average molecular weight is 367 g/mol. The smallest absolute Gasteiger partial charge is 0.410 e. The largest absolute Gasteiger partial charge is 0.445 e. The summed E-state index contributed by atoms with van der Waals surface area (Å²) in [7, 11) is 0. The molecule has 0 aliphatic carbocycles. The van der Waals surface area contributed by atoms with Gasteiger partial charge < -0.3 is 25.1 Å². The Labute approximate surface area is 159 Å². The van der Waals surface area contributed by atoms with Crippen molar-refractivity contribution in [1.29, 1.82) is 0 Å². The number of benzene rings is 2. The van der Waals surface area contributed by atoms with Crippen LogP contribution in [0.1, 0.15) is 17.0 Å². The van der Waals surface area contributed by atoms with Crippen LogP contribution in [0.4, 0.5) is 10.5 Å². The summed E-state index contributed by atoms with van der Waals surface area (Å²) in [6, 6.07) is 17.6. The zero-order valence-corrected chi connectivity index (χ0v) is 15.3. The van der Waals surface area contributed by atoms with Crippen molar-refractivity contribution in [1.82, 2.24) is 4.90 Å². The maximum absolute atomic E-state index is 12.3. The quantitative estimate of drug-likeness (QED) is 0.794. The monoisotopic (exact) mass is 367 g/mol. The number of carbonyl (C=O) groups is 2. The van der Waals surface area contributed by atoms with Crippen LogP contribution in [0.2, 0.25) is 0 Å². The van der Waals surface area contributed by atoms with Crippen molar-refractivity contribution in [3.8, 4) is 0 Å². The molecule has 1 atom stereocenters. The van der Waals surface area contributed by atoms with Crippen LogP contribution in [-0.2, 0) is 16.1 Å². The Morgan fingerprint density at radius 2 is 1.81 bits per heavy atom. The normalized spacial score (nSPS) is 15.3. The summed E-state index contributed by atoms with van der Waals surface area (Å²) in [4.78, 5) is 27.4. The highest BCUT2D eigenvalue weighted by Gasteiger charge is 2.23. The minimum atomic E-state index is -0.281. The number of ether oxygens (including phenoxy) is 1. The molecule has 1 fully saturated rings. The van der Waals surface area contributed by atoms with Crippen molar-refractivity contribution < 1.29 is 14.3 Å². The van der Waals surface area contributed by atoms with E-state index in [4.69, 9.17) is 10.5 Å². The van der Waals surface area contributed by atoms with Crippen molar-refractivity contribution in [2.24, 2.45) is 5.73 Å². The molecular formula is C21H25N3O3. The molecule has 27 heavy (non-hydrogen) atoms. The van der Waals surface area contributed by atoms with Gasteiger partial charge >= 0.3 is 6.09 Å². The van der Waals surface area contributed by atoms with Crippen LogP contribution in [0.15, 0.2) is 54.6 Å². The van der Waals surface area contributed by atoms with E-state index in [1.165, 1.54) is 0 Å². The second-order valence-electron chi connectivity index (χ2n) is 6.59. The third-order valence-corrected chi connectivity index (χ3v) is 4.82. The van der Waals surface area contributed by atoms with Gasteiger partial charge in [0, 0.05) is 38.4 Å². The van der Waals surface area contributed by atoms with Crippen molar-refractivity contribution in [2.75, 3.05) is 37.6 Å². The van der Waals surface area contributed by atoms with Crippen molar-refractivity contribution in [3.63, 3.8) is 0 Å². The number of nitrogens with two attached hydrogens (primary N) is 1. The first kappa shape index (κ1) is 18.9. The van der Waals surface area contributed by atoms with Gasteiger partial charge in [-0.3, -0.25) is 0 Å². The molecule has 3 rings (SSSR count). The summed E-state index contributed by atoms with van der Waals surface area (Å²) in [5.74, 6) is -0.279. The second kappa shape index (κ2) is 9.19. The summed E-state index contributed by atoms with van der Waals surface area (Å²) >= 11 is 0. The lowest BCUT2D eigenvalue weighted by Gasteiger charge is -2.35. The van der Waals surface area contributed by atoms with Crippen molar-refractivity contribution >= 4 is 18.1 Å². The maximum Gasteiger partial charge on any atom is 0.410 e. The van der Waals surface area contributed by atoms with Crippen LogP contribution in [0.5, 0.6) is 0 Å². The molecule has 1 aliphatic heterocycles. The van der Waals surface area contributed by atoms with Crippen molar-refractivity contribution in [3.05, 3.63) is 65.7 Å². The number of piperazine rings is 1. The molecule has 1 amide bonds. The molecule has 142 valence electrons. The van der Waals surface area contributed by atoms with Gasteiger partial charge in [0.25, 0.3) is 0 Å². The van der Waals surface area contributed by atoms with Crippen molar-refractivity contribution in [2.45, 2.75) is 12.5 Å². The molecule has 6 heteroatoms. The molecule has 1 aliphatic rings. The summed E-state index contributed by atoms with van der Waals surface area (Å²) in [5.41, 5.74) is 8.61. The predicted molar refractivity (Wildman–Crippen MR) is 105 cm³/mol. The van der Waals surface area contributed by atoms with E-state index >= 15 is 0 Å². The van der Waals surface area contributed by atoms with E-state index in [2.05, 4.69) is 4.90 Å². The first-order valence-corrected chi connectivity index (χ1v) is 9.17. The van der Waals surface area contributed by atoms with Crippen LogP contribution in [-0.4, -0.2) is 50.0 Å². The van der Waals surface area contributed by atoms with E-state index < -0.39 is 0 Å². The van der Waals surface area contributed by atoms with E-state index in [9.17, 15) is 9.59 Å². The summed E-state index contributed by atoms with van der Waals surface area (Å²) in [6.45, 7) is 3.23. The number of rotatable bonds is 6. The third-order valence-electron chi connectivity index (χ3n) is 4.82. The zero-order chi connectivity index (χ0) is 19.1. The number of anilines is 1. The standard InChI is InChI=1S/C21H25N3O3/c22-14-19(15-25)18-7-4-8-20(13-18)23-9-11-24(12-10-23)21(26)27-16-17-5-2-1-3-6-17/h1-8,13,15,19H,9-12,14,16,22H2. The van der Waals surface area contributed by atoms with Crippen LogP contribution in [0.3, 0.4) is 0 Å². The molecule has 1 saturated heterocycles. The Morgan fingerprint density at radius 1 is 1.07 bits per heavy atom. The molecule has 0 bridgehead atoms. The Hall–Kier alpha value is -2.86. The molecule has 0 spiro atoms. The highest BCUT2D eigenvalue weighted by Crippen LogP contribution is 2.22. The van der Waals surface area contributed by atoms with E-state index in [-0.39, 0.29) is 18.6 Å². The number of hydrogen-bond donors (Lipinski definition) is 1. The number of nitrogens with zero attached hydrogens (tertiary/aromatic N) is 2. The molecule has 2 aromatic rings. The third kappa shape index (κ3) is 4.86. The highest BCUT2D eigenvalue weighted by atomic mass is 16.6. The van der Waals surface area contributed by atoms with E-state index in [1.54, 1.807) is 4.90 Å². The fraction of sp³-hybridized carbons (Fsp3) is 0.333. The van der Waals surface area contributed by atoms with Crippen LogP contribution < -0.4 is 10.6 Å². The topological polar surface area (TPSA) is 75.9 Å². The molecule has 1 heterocycles. The molecule has 0 saturated carbocycles. The molecule has 6 nitrogen and oxygen atoms in total. The van der Waals surface area contributed by atoms with E-state index in [0.717, 1.165) is 36.2 Å². The van der Waals surface area contributed by atoms with Gasteiger partial charge in [-0.1, -0.05) is 42.5 Å². The predicted octanol–water partition coefficient (Wildman–Crippen LogP) is 2.39. The molecule has 2 aromatic carbocycles. The lowest BCUT2D eigenvalue weighted by atomic mass is 10.00. The Balaban J connectivity index is 1.53. The van der Waals surface area contributed by atoms with Gasteiger partial charge in [-0.2, -0.15) is 0 Å². The summed E-state index contributed by atoms with van der Waals surface area (Å²) < 4.78 is 5.40. The van der Waals surface area contributed by atoms with Gasteiger partial charge in [-0.25, -0.2) is 4.79 Å². The number of carbonyl (C=O) groups excluding carboxylic acids is 2. The number of amides is 1. The first-order chi connectivity index (χ1) is 13.2. The Bertz CT molecular complexity index is 758. The van der Waals surface area contributed by atoms with Gasteiger partial charge in [0.05, 0.1) is 5.92 Å². The van der Waals surface area contributed by atoms with Gasteiger partial charge in [0.15, 0.2) is 0 Å². The maximum atomic E-state index is 12.3. The van der Waals surface area contributed by atoms with E-state index in [0.29, 0.717) is 19.6 Å². The molecule has 2 N–H and O–H groups in total. The van der Waals surface area contributed by atoms with Crippen LogP contribution >= 0.6 is 0 Å². The Morgan fingerprint density at radius 3 is 2.48 bits per heavy atom. The molecule has 0 radical (unpaired) electrons. The van der Waals surface area contributed by atoms with Crippen LogP contribution in [0.25, 0.3) is 0 Å². The minimum absolute atomic E-state index is 0.279. The first-order valence-electron chi connectivity index (χ1n) is 9.17. The highest BCUT2D eigenvalue weighted by molar-refractivity contribution is 5.68. The minimum Gasteiger partial charge on any atom is -0.445 e. The second-order valence-corrected chi connectivity index (χ2v) is 6.59. The van der Waals surface area contributed by atoms with E-state index in [1.807, 2.05) is 54.6 Å². The van der Waals surface area contributed by atoms with Crippen LogP contribution in [0, 0.1) is 0 Å². The summed E-state index contributed by atoms with van der Waals surface area (Å²) in [5, 5.41) is 0. The van der Waals surface area contributed by atoms with Gasteiger partial charge in [0.2, 0.25) is 0 Å². The van der Waals surface area contributed by atoms with Gasteiger partial charge in [-0.15, -0.1) is 0 Å². The SMILES string of the molecule is NCC(C=O)c1cccc(N2CCN(C(=O)OCc3ccccc3)CC2)c1. The van der Waals surface area contributed by atoms with Gasteiger partial charge in [0.1, 0.15) is 12.9 Å².